The molecule has 0 amide bonds. The van der Waals surface area contributed by atoms with Gasteiger partial charge in [-0.2, -0.15) is 5.10 Å². The second-order valence-electron chi connectivity index (χ2n) is 6.26. The van der Waals surface area contributed by atoms with Gasteiger partial charge in [0.15, 0.2) is 11.6 Å². The maximum atomic E-state index is 13.2. The SMILES string of the molecule is Cc1c(CNC(C)(C)C)cnn1Cc1ccc(F)c(F)c1. The second kappa shape index (κ2) is 5.93. The van der Waals surface area contributed by atoms with Crippen LogP contribution in [0.3, 0.4) is 0 Å². The number of benzene rings is 1. The molecule has 0 aliphatic carbocycles. The van der Waals surface area contributed by atoms with Crippen molar-refractivity contribution in [2.45, 2.75) is 46.3 Å². The van der Waals surface area contributed by atoms with E-state index in [1.165, 1.54) is 6.07 Å². The molecule has 1 heterocycles. The molecule has 2 aromatic rings. The topological polar surface area (TPSA) is 29.9 Å². The van der Waals surface area contributed by atoms with Gasteiger partial charge in [-0.15, -0.1) is 0 Å². The molecule has 0 aliphatic rings. The standard InChI is InChI=1S/C16H21F2N3/c1-11-13(8-19-16(2,3)4)9-20-21(11)10-12-5-6-14(17)15(18)7-12/h5-7,9,19H,8,10H2,1-4H3. The zero-order valence-corrected chi connectivity index (χ0v) is 12.9. The van der Waals surface area contributed by atoms with Gasteiger partial charge in [0.1, 0.15) is 0 Å². The quantitative estimate of drug-likeness (QED) is 0.936. The molecule has 0 saturated heterocycles. The van der Waals surface area contributed by atoms with Crippen LogP contribution >= 0.6 is 0 Å². The Morgan fingerprint density at radius 1 is 1.19 bits per heavy atom. The zero-order chi connectivity index (χ0) is 15.6. The van der Waals surface area contributed by atoms with Crippen molar-refractivity contribution in [2.75, 3.05) is 0 Å². The van der Waals surface area contributed by atoms with E-state index >= 15 is 0 Å². The van der Waals surface area contributed by atoms with E-state index in [4.69, 9.17) is 0 Å². The second-order valence-corrected chi connectivity index (χ2v) is 6.26. The third kappa shape index (κ3) is 4.11. The Morgan fingerprint density at radius 2 is 1.90 bits per heavy atom. The molecule has 0 atom stereocenters. The minimum absolute atomic E-state index is 0.0363. The lowest BCUT2D eigenvalue weighted by Crippen LogP contribution is -2.35. The molecule has 3 nitrogen and oxygen atoms in total. The molecule has 2 rings (SSSR count). The smallest absolute Gasteiger partial charge is 0.159 e. The Labute approximate surface area is 124 Å². The molecule has 5 heteroatoms. The Kier molecular flexibility index (Phi) is 4.42. The fourth-order valence-electron chi connectivity index (χ4n) is 1.99. The van der Waals surface area contributed by atoms with Crippen molar-refractivity contribution in [2.24, 2.45) is 0 Å². The molecule has 0 bridgehead atoms. The summed E-state index contributed by atoms with van der Waals surface area (Å²) in [6, 6.07) is 3.93. The molecule has 0 unspecified atom stereocenters. The first-order valence-corrected chi connectivity index (χ1v) is 6.96. The zero-order valence-electron chi connectivity index (χ0n) is 12.9. The van der Waals surface area contributed by atoms with Gasteiger partial charge in [0.25, 0.3) is 0 Å². The molecule has 0 fully saturated rings. The Hall–Kier alpha value is -1.75. The highest BCUT2D eigenvalue weighted by molar-refractivity contribution is 5.21. The Balaban J connectivity index is 2.11. The van der Waals surface area contributed by atoms with Gasteiger partial charge in [-0.1, -0.05) is 6.07 Å². The molecule has 1 N–H and O–H groups in total. The summed E-state index contributed by atoms with van der Waals surface area (Å²) < 4.78 is 28.0. The molecular formula is C16H21F2N3. The van der Waals surface area contributed by atoms with E-state index in [2.05, 4.69) is 31.2 Å². The van der Waals surface area contributed by atoms with Crippen molar-refractivity contribution in [3.05, 3.63) is 52.9 Å². The van der Waals surface area contributed by atoms with Crippen LogP contribution in [-0.2, 0) is 13.1 Å². The van der Waals surface area contributed by atoms with Crippen LogP contribution < -0.4 is 5.32 Å². The van der Waals surface area contributed by atoms with E-state index in [-0.39, 0.29) is 5.54 Å². The van der Waals surface area contributed by atoms with Crippen molar-refractivity contribution in [1.29, 1.82) is 0 Å². The van der Waals surface area contributed by atoms with Gasteiger partial charge < -0.3 is 5.32 Å². The molecule has 1 aromatic heterocycles. The first-order chi connectivity index (χ1) is 9.76. The molecule has 0 saturated carbocycles. The monoisotopic (exact) mass is 293 g/mol. The van der Waals surface area contributed by atoms with Gasteiger partial charge in [0.05, 0.1) is 12.7 Å². The normalized spacial score (nSPS) is 11.9. The summed E-state index contributed by atoms with van der Waals surface area (Å²) in [4.78, 5) is 0. The predicted octanol–water partition coefficient (Wildman–Crippen LogP) is 3.41. The number of hydrogen-bond donors (Lipinski definition) is 1. The third-order valence-electron chi connectivity index (χ3n) is 3.33. The summed E-state index contributed by atoms with van der Waals surface area (Å²) >= 11 is 0. The first kappa shape index (κ1) is 15.6. The maximum Gasteiger partial charge on any atom is 0.159 e. The van der Waals surface area contributed by atoms with Crippen molar-refractivity contribution >= 4 is 0 Å². The summed E-state index contributed by atoms with van der Waals surface area (Å²) in [5.74, 6) is -1.65. The van der Waals surface area contributed by atoms with Crippen LogP contribution in [0.4, 0.5) is 8.78 Å². The molecule has 0 radical (unpaired) electrons. The highest BCUT2D eigenvalue weighted by Gasteiger charge is 2.12. The van der Waals surface area contributed by atoms with Gasteiger partial charge in [0.2, 0.25) is 0 Å². The maximum absolute atomic E-state index is 13.2. The Morgan fingerprint density at radius 3 is 2.52 bits per heavy atom. The third-order valence-corrected chi connectivity index (χ3v) is 3.33. The van der Waals surface area contributed by atoms with Gasteiger partial charge in [-0.3, -0.25) is 4.68 Å². The molecular weight excluding hydrogens is 272 g/mol. The van der Waals surface area contributed by atoms with Gasteiger partial charge in [-0.25, -0.2) is 8.78 Å². The van der Waals surface area contributed by atoms with E-state index in [0.717, 1.165) is 23.9 Å². The van der Waals surface area contributed by atoms with Crippen LogP contribution in [0, 0.1) is 18.6 Å². The van der Waals surface area contributed by atoms with Crippen LogP contribution in [0.2, 0.25) is 0 Å². The molecule has 1 aromatic carbocycles. The molecule has 21 heavy (non-hydrogen) atoms. The minimum atomic E-state index is -0.828. The summed E-state index contributed by atoms with van der Waals surface area (Å²) in [7, 11) is 0. The van der Waals surface area contributed by atoms with E-state index in [9.17, 15) is 8.78 Å². The van der Waals surface area contributed by atoms with Gasteiger partial charge in [0, 0.05) is 23.3 Å². The minimum Gasteiger partial charge on any atom is -0.308 e. The number of nitrogens with zero attached hydrogens (tertiary/aromatic N) is 2. The van der Waals surface area contributed by atoms with Crippen molar-refractivity contribution in [1.82, 2.24) is 15.1 Å². The average molecular weight is 293 g/mol. The lowest BCUT2D eigenvalue weighted by molar-refractivity contribution is 0.423. The van der Waals surface area contributed by atoms with E-state index in [1.807, 2.05) is 13.1 Å². The number of hydrogen-bond acceptors (Lipinski definition) is 2. The molecule has 0 spiro atoms. The fourth-order valence-corrected chi connectivity index (χ4v) is 1.99. The van der Waals surface area contributed by atoms with Crippen molar-refractivity contribution in [3.8, 4) is 0 Å². The Bertz CT molecular complexity index is 627. The lowest BCUT2D eigenvalue weighted by Gasteiger charge is -2.20. The average Bonchev–Trinajstić information content (AvgIpc) is 2.72. The summed E-state index contributed by atoms with van der Waals surface area (Å²) in [6.07, 6.45) is 1.81. The number of rotatable bonds is 4. The summed E-state index contributed by atoms with van der Waals surface area (Å²) in [5, 5.41) is 7.73. The van der Waals surface area contributed by atoms with E-state index in [1.54, 1.807) is 10.7 Å². The molecule has 0 aliphatic heterocycles. The first-order valence-electron chi connectivity index (χ1n) is 6.96. The van der Waals surface area contributed by atoms with E-state index in [0.29, 0.717) is 12.1 Å². The summed E-state index contributed by atoms with van der Waals surface area (Å²) in [6.45, 7) is 9.45. The highest BCUT2D eigenvalue weighted by atomic mass is 19.2. The lowest BCUT2D eigenvalue weighted by atomic mass is 10.1. The van der Waals surface area contributed by atoms with Crippen LogP contribution in [0.1, 0.15) is 37.6 Å². The summed E-state index contributed by atoms with van der Waals surface area (Å²) in [5.41, 5.74) is 2.86. The predicted molar refractivity (Wildman–Crippen MR) is 79.0 cm³/mol. The van der Waals surface area contributed by atoms with Gasteiger partial charge >= 0.3 is 0 Å². The highest BCUT2D eigenvalue weighted by Crippen LogP contribution is 2.14. The van der Waals surface area contributed by atoms with Crippen molar-refractivity contribution < 1.29 is 8.78 Å². The van der Waals surface area contributed by atoms with Gasteiger partial charge in [-0.05, 0) is 45.4 Å². The number of aromatic nitrogens is 2. The fraction of sp³-hybridized carbons (Fsp3) is 0.438. The van der Waals surface area contributed by atoms with Crippen LogP contribution in [0.25, 0.3) is 0 Å². The number of nitrogens with one attached hydrogen (secondary N) is 1. The number of halogens is 2. The largest absolute Gasteiger partial charge is 0.308 e. The van der Waals surface area contributed by atoms with E-state index < -0.39 is 11.6 Å². The van der Waals surface area contributed by atoms with Crippen LogP contribution in [0.15, 0.2) is 24.4 Å². The van der Waals surface area contributed by atoms with Crippen LogP contribution in [-0.4, -0.2) is 15.3 Å². The van der Waals surface area contributed by atoms with Crippen molar-refractivity contribution in [3.63, 3.8) is 0 Å². The van der Waals surface area contributed by atoms with Crippen LogP contribution in [0.5, 0.6) is 0 Å². The molecule has 114 valence electrons.